The fourth-order valence-electron chi connectivity index (χ4n) is 3.47. The van der Waals surface area contributed by atoms with Gasteiger partial charge in [0, 0.05) is 42.8 Å². The van der Waals surface area contributed by atoms with Crippen molar-refractivity contribution < 1.29 is 18.3 Å². The Morgan fingerprint density at radius 2 is 1.73 bits per heavy atom. The average Bonchev–Trinajstić information content (AvgIpc) is 3.07. The Hall–Kier alpha value is -3.48. The third-order valence-corrected chi connectivity index (χ3v) is 5.02. The molecule has 0 unspecified atom stereocenters. The molecule has 4 rings (SSSR count). The summed E-state index contributed by atoms with van der Waals surface area (Å²) in [4.78, 5) is 4.00. The topological polar surface area (TPSA) is 50.1 Å². The number of rotatable bonds is 6. The summed E-state index contributed by atoms with van der Waals surface area (Å²) in [6.07, 6.45) is 1.27. The Morgan fingerprint density at radius 3 is 2.50 bits per heavy atom. The number of anilines is 1. The number of aromatic nitrogens is 2. The molecule has 0 aliphatic carbocycles. The van der Waals surface area contributed by atoms with Crippen LogP contribution in [0.25, 0.3) is 10.8 Å². The molecule has 0 fully saturated rings. The molecule has 0 amide bonds. The Balaban J connectivity index is 1.54. The second-order valence-corrected chi connectivity index (χ2v) is 7.07. The van der Waals surface area contributed by atoms with Crippen molar-refractivity contribution in [3.8, 4) is 5.88 Å². The maximum atomic E-state index is 12.9. The zero-order valence-corrected chi connectivity index (χ0v) is 16.0. The van der Waals surface area contributed by atoms with E-state index >= 15 is 0 Å². The van der Waals surface area contributed by atoms with E-state index in [2.05, 4.69) is 10.3 Å². The van der Waals surface area contributed by atoms with E-state index in [4.69, 9.17) is 0 Å². The summed E-state index contributed by atoms with van der Waals surface area (Å²) in [6, 6.07) is 14.8. The average molecular weight is 411 g/mol. The molecule has 0 saturated heterocycles. The van der Waals surface area contributed by atoms with Crippen LogP contribution in [0.2, 0.25) is 0 Å². The predicted molar refractivity (Wildman–Crippen MR) is 110 cm³/mol. The summed E-state index contributed by atoms with van der Waals surface area (Å²) in [5.74, 6) is 0.0924. The van der Waals surface area contributed by atoms with Gasteiger partial charge in [0.25, 0.3) is 0 Å². The smallest absolute Gasteiger partial charge is 0.416 e. The summed E-state index contributed by atoms with van der Waals surface area (Å²) < 4.78 is 40.4. The fourth-order valence-corrected chi connectivity index (χ4v) is 3.47. The molecule has 0 aliphatic rings. The van der Waals surface area contributed by atoms with Gasteiger partial charge in [0.2, 0.25) is 5.88 Å². The molecule has 2 aromatic carbocycles. The monoisotopic (exact) mass is 411 g/mol. The molecule has 0 aliphatic heterocycles. The van der Waals surface area contributed by atoms with Crippen molar-refractivity contribution >= 4 is 16.5 Å². The molecular formula is C23H20F3N3O. The summed E-state index contributed by atoms with van der Waals surface area (Å²) in [5, 5.41) is 15.6. The Bertz CT molecular complexity index is 1150. The summed E-state index contributed by atoms with van der Waals surface area (Å²) in [5.41, 5.74) is 1.76. The van der Waals surface area contributed by atoms with Crippen molar-refractivity contribution in [3.63, 3.8) is 0 Å². The van der Waals surface area contributed by atoms with E-state index in [-0.39, 0.29) is 5.88 Å². The quantitative estimate of drug-likeness (QED) is 0.433. The van der Waals surface area contributed by atoms with Gasteiger partial charge in [0.15, 0.2) is 0 Å². The highest BCUT2D eigenvalue weighted by Gasteiger charge is 2.30. The Kier molecular flexibility index (Phi) is 5.35. The first-order chi connectivity index (χ1) is 14.4. The number of fused-ring (bicyclic) bond motifs is 1. The van der Waals surface area contributed by atoms with Crippen LogP contribution in [0.3, 0.4) is 0 Å². The minimum absolute atomic E-state index is 0.0924. The molecule has 4 nitrogen and oxygen atoms in total. The lowest BCUT2D eigenvalue weighted by Gasteiger charge is -2.10. The molecule has 0 atom stereocenters. The highest BCUT2D eigenvalue weighted by molar-refractivity contribution is 5.98. The second-order valence-electron chi connectivity index (χ2n) is 7.07. The van der Waals surface area contributed by atoms with Crippen LogP contribution in [-0.2, 0) is 25.7 Å². The third kappa shape index (κ3) is 4.25. The van der Waals surface area contributed by atoms with Gasteiger partial charge in [-0.15, -0.1) is 0 Å². The third-order valence-electron chi connectivity index (χ3n) is 5.02. The van der Waals surface area contributed by atoms with Crippen molar-refractivity contribution in [2.45, 2.75) is 25.7 Å². The number of aryl methyl sites for hydroxylation is 2. The van der Waals surface area contributed by atoms with Gasteiger partial charge >= 0.3 is 6.18 Å². The van der Waals surface area contributed by atoms with Gasteiger partial charge in [-0.2, -0.15) is 13.2 Å². The highest BCUT2D eigenvalue weighted by atomic mass is 19.4. The van der Waals surface area contributed by atoms with Crippen LogP contribution in [0.4, 0.5) is 18.9 Å². The Labute approximate surface area is 171 Å². The van der Waals surface area contributed by atoms with Gasteiger partial charge in [-0.1, -0.05) is 30.3 Å². The molecule has 2 heterocycles. The number of benzene rings is 2. The minimum Gasteiger partial charge on any atom is -0.494 e. The number of pyridine rings is 1. The number of nitrogens with one attached hydrogen (secondary N) is 1. The lowest BCUT2D eigenvalue weighted by Crippen LogP contribution is -2.06. The van der Waals surface area contributed by atoms with E-state index in [1.165, 1.54) is 6.07 Å². The second kappa shape index (κ2) is 8.10. The van der Waals surface area contributed by atoms with Crippen LogP contribution in [0, 0.1) is 0 Å². The standard InChI is InChI=1S/C23H20F3N3O/c24-23(25,26)19-5-1-3-16(13-19)9-12-29-15-18-4-2-6-20(21(18)22(29)30)28-14-17-7-10-27-11-8-17/h1-8,10-11,13,15,28,30H,9,12,14H2. The van der Waals surface area contributed by atoms with E-state index in [0.29, 0.717) is 30.5 Å². The highest BCUT2D eigenvalue weighted by Crippen LogP contribution is 2.34. The number of nitrogens with zero attached hydrogens (tertiary/aromatic N) is 2. The molecule has 0 radical (unpaired) electrons. The Morgan fingerprint density at radius 1 is 0.967 bits per heavy atom. The zero-order valence-electron chi connectivity index (χ0n) is 16.0. The van der Waals surface area contributed by atoms with Crippen LogP contribution >= 0.6 is 0 Å². The van der Waals surface area contributed by atoms with Gasteiger partial charge < -0.3 is 15.0 Å². The number of hydrogen-bond donors (Lipinski definition) is 2. The number of hydrogen-bond acceptors (Lipinski definition) is 3. The SMILES string of the molecule is Oc1c2c(NCc3ccncc3)cccc2cn1CCc1cccc(C(F)(F)F)c1. The zero-order chi connectivity index (χ0) is 21.1. The van der Waals surface area contributed by atoms with Crippen molar-refractivity contribution in [1.29, 1.82) is 0 Å². The van der Waals surface area contributed by atoms with Crippen LogP contribution in [0.1, 0.15) is 16.7 Å². The molecule has 2 aromatic heterocycles. The summed E-state index contributed by atoms with van der Waals surface area (Å²) in [6.45, 7) is 0.947. The van der Waals surface area contributed by atoms with Crippen LogP contribution in [0.5, 0.6) is 5.88 Å². The molecular weight excluding hydrogens is 391 g/mol. The molecule has 7 heteroatoms. The molecule has 4 aromatic rings. The van der Waals surface area contributed by atoms with E-state index in [1.807, 2.05) is 36.5 Å². The van der Waals surface area contributed by atoms with E-state index in [0.717, 1.165) is 28.8 Å². The first-order valence-corrected chi connectivity index (χ1v) is 9.51. The number of aromatic hydroxyl groups is 1. The van der Waals surface area contributed by atoms with Crippen molar-refractivity contribution in [2.24, 2.45) is 0 Å². The first kappa shape index (κ1) is 19.8. The number of alkyl halides is 3. The molecule has 30 heavy (non-hydrogen) atoms. The van der Waals surface area contributed by atoms with Crippen molar-refractivity contribution in [2.75, 3.05) is 5.32 Å². The molecule has 0 bridgehead atoms. The van der Waals surface area contributed by atoms with Gasteiger partial charge in [-0.05, 0) is 41.8 Å². The maximum Gasteiger partial charge on any atom is 0.416 e. The first-order valence-electron chi connectivity index (χ1n) is 9.51. The van der Waals surface area contributed by atoms with Gasteiger partial charge in [0.1, 0.15) is 0 Å². The van der Waals surface area contributed by atoms with Crippen LogP contribution < -0.4 is 5.32 Å². The normalized spacial score (nSPS) is 11.7. The lowest BCUT2D eigenvalue weighted by atomic mass is 10.1. The van der Waals surface area contributed by atoms with Gasteiger partial charge in [0.05, 0.1) is 10.9 Å². The maximum absolute atomic E-state index is 12.9. The summed E-state index contributed by atoms with van der Waals surface area (Å²) in [7, 11) is 0. The molecule has 0 saturated carbocycles. The van der Waals surface area contributed by atoms with Crippen molar-refractivity contribution in [3.05, 3.63) is 89.9 Å². The lowest BCUT2D eigenvalue weighted by molar-refractivity contribution is -0.137. The van der Waals surface area contributed by atoms with Crippen molar-refractivity contribution in [1.82, 2.24) is 9.55 Å². The minimum atomic E-state index is -4.37. The van der Waals surface area contributed by atoms with E-state index in [9.17, 15) is 18.3 Å². The van der Waals surface area contributed by atoms with Gasteiger partial charge in [-0.3, -0.25) is 4.98 Å². The van der Waals surface area contributed by atoms with E-state index < -0.39 is 11.7 Å². The van der Waals surface area contributed by atoms with Crippen LogP contribution in [0.15, 0.2) is 73.2 Å². The van der Waals surface area contributed by atoms with Crippen LogP contribution in [-0.4, -0.2) is 14.7 Å². The fraction of sp³-hybridized carbons (Fsp3) is 0.174. The predicted octanol–water partition coefficient (Wildman–Crippen LogP) is 5.62. The van der Waals surface area contributed by atoms with E-state index in [1.54, 1.807) is 23.0 Å². The molecule has 2 N–H and O–H groups in total. The molecule has 154 valence electrons. The molecule has 0 spiro atoms. The summed E-state index contributed by atoms with van der Waals surface area (Å²) >= 11 is 0. The van der Waals surface area contributed by atoms with Gasteiger partial charge in [-0.25, -0.2) is 0 Å². The number of halogens is 3. The largest absolute Gasteiger partial charge is 0.494 e.